The summed E-state index contributed by atoms with van der Waals surface area (Å²) >= 11 is 0. The SMILES string of the molecule is CN1CC[C@]23CCCC[C@H]2[C@H]1Cc1ccc(O)cc13.NC(CO)C(=O)O. The van der Waals surface area contributed by atoms with E-state index >= 15 is 0 Å². The molecular weight excluding hydrogens is 332 g/mol. The number of aliphatic hydroxyl groups excluding tert-OH is 1. The predicted octanol–water partition coefficient (Wildman–Crippen LogP) is 1.47. The molecule has 1 heterocycles. The maximum absolute atomic E-state index is 9.91. The van der Waals surface area contributed by atoms with E-state index in [0.717, 1.165) is 12.0 Å². The lowest BCUT2D eigenvalue weighted by Gasteiger charge is -2.58. The minimum Gasteiger partial charge on any atom is -0.508 e. The summed E-state index contributed by atoms with van der Waals surface area (Å²) in [5, 5.41) is 25.8. The van der Waals surface area contributed by atoms with Crippen LogP contribution in [0.4, 0.5) is 0 Å². The Balaban J connectivity index is 0.000000242. The van der Waals surface area contributed by atoms with Crippen LogP contribution in [-0.4, -0.2) is 58.5 Å². The number of fused-ring (bicyclic) bond motifs is 1. The van der Waals surface area contributed by atoms with E-state index < -0.39 is 18.6 Å². The number of carboxylic acids is 1. The zero-order chi connectivity index (χ0) is 18.9. The van der Waals surface area contributed by atoms with Crippen molar-refractivity contribution in [2.75, 3.05) is 20.2 Å². The second kappa shape index (κ2) is 7.55. The highest BCUT2D eigenvalue weighted by atomic mass is 16.4. The van der Waals surface area contributed by atoms with Crippen molar-refractivity contribution in [2.24, 2.45) is 11.7 Å². The van der Waals surface area contributed by atoms with Crippen LogP contribution in [0.1, 0.15) is 43.2 Å². The Morgan fingerprint density at radius 2 is 2.15 bits per heavy atom. The molecule has 5 N–H and O–H groups in total. The maximum atomic E-state index is 9.91. The lowest BCUT2D eigenvalue weighted by molar-refractivity contribution is -0.139. The molecule has 4 atom stereocenters. The molecule has 144 valence electrons. The van der Waals surface area contributed by atoms with Gasteiger partial charge in [-0.25, -0.2) is 0 Å². The molecule has 6 nitrogen and oxygen atoms in total. The fraction of sp³-hybridized carbons (Fsp3) is 0.650. The molecule has 1 aromatic carbocycles. The fourth-order valence-corrected chi connectivity index (χ4v) is 5.26. The normalized spacial score (nSPS) is 31.0. The molecule has 0 aromatic heterocycles. The van der Waals surface area contributed by atoms with Crippen LogP contribution < -0.4 is 5.73 Å². The summed E-state index contributed by atoms with van der Waals surface area (Å²) < 4.78 is 0. The maximum Gasteiger partial charge on any atom is 0.322 e. The van der Waals surface area contributed by atoms with Gasteiger partial charge in [0.25, 0.3) is 0 Å². The van der Waals surface area contributed by atoms with Crippen LogP contribution in [-0.2, 0) is 16.6 Å². The summed E-state index contributed by atoms with van der Waals surface area (Å²) in [5.74, 6) is 0.0895. The number of nitrogens with zero attached hydrogens (tertiary/aromatic N) is 1. The van der Waals surface area contributed by atoms with Crippen molar-refractivity contribution in [3.8, 4) is 5.75 Å². The number of hydrogen-bond donors (Lipinski definition) is 4. The third-order valence-electron chi connectivity index (χ3n) is 6.61. The molecule has 2 bridgehead atoms. The predicted molar refractivity (Wildman–Crippen MR) is 99.2 cm³/mol. The summed E-state index contributed by atoms with van der Waals surface area (Å²) in [4.78, 5) is 12.2. The van der Waals surface area contributed by atoms with Gasteiger partial charge >= 0.3 is 5.97 Å². The standard InChI is InChI=1S/C17H23NO.C3H7NO3/c1-18-9-8-17-7-3-2-4-14(17)16(18)10-12-5-6-13(19)11-15(12)17;4-2(1-5)3(6)7/h5-6,11,14,16,19H,2-4,7-10H2,1H3;2,5H,1,4H2,(H,6,7)/t14-,16+,17+;/m0./s1. The summed E-state index contributed by atoms with van der Waals surface area (Å²) in [6.45, 7) is 0.714. The highest BCUT2D eigenvalue weighted by Crippen LogP contribution is 2.55. The lowest BCUT2D eigenvalue weighted by Crippen LogP contribution is -2.59. The third-order valence-corrected chi connectivity index (χ3v) is 6.61. The number of nitrogens with two attached hydrogens (primary N) is 1. The van der Waals surface area contributed by atoms with E-state index in [1.807, 2.05) is 6.07 Å². The Kier molecular flexibility index (Phi) is 5.55. The van der Waals surface area contributed by atoms with E-state index in [0.29, 0.717) is 11.2 Å². The Morgan fingerprint density at radius 3 is 2.81 bits per heavy atom. The molecule has 0 amide bonds. The molecule has 2 fully saturated rings. The molecule has 0 spiro atoms. The Hall–Kier alpha value is -1.63. The van der Waals surface area contributed by atoms with Gasteiger partial charge in [0.2, 0.25) is 0 Å². The molecule has 1 aromatic rings. The van der Waals surface area contributed by atoms with Crippen molar-refractivity contribution < 1.29 is 20.1 Å². The van der Waals surface area contributed by atoms with Crippen LogP contribution in [0.2, 0.25) is 0 Å². The minimum absolute atomic E-state index is 0.377. The monoisotopic (exact) mass is 362 g/mol. The molecule has 3 aliphatic rings. The number of benzene rings is 1. The van der Waals surface area contributed by atoms with Crippen LogP contribution in [0.15, 0.2) is 18.2 Å². The number of phenolic OH excluding ortho intramolecular Hbond substituents is 1. The van der Waals surface area contributed by atoms with Crippen molar-refractivity contribution in [1.82, 2.24) is 4.90 Å². The number of aliphatic carboxylic acids is 1. The van der Waals surface area contributed by atoms with Crippen LogP contribution >= 0.6 is 0 Å². The Bertz CT molecular complexity index is 665. The number of aliphatic hydroxyl groups is 1. The van der Waals surface area contributed by atoms with E-state index in [4.69, 9.17) is 15.9 Å². The van der Waals surface area contributed by atoms with E-state index in [9.17, 15) is 9.90 Å². The van der Waals surface area contributed by atoms with Gasteiger partial charge in [-0.3, -0.25) is 4.79 Å². The van der Waals surface area contributed by atoms with Crippen LogP contribution in [0.3, 0.4) is 0 Å². The first-order valence-corrected chi connectivity index (χ1v) is 9.51. The number of likely N-dealkylation sites (N-methyl/N-ethyl adjacent to an activating group) is 1. The first kappa shape index (κ1) is 19.1. The number of aromatic hydroxyl groups is 1. The van der Waals surface area contributed by atoms with E-state index in [1.54, 1.807) is 0 Å². The fourth-order valence-electron chi connectivity index (χ4n) is 5.26. The number of likely N-dealkylation sites (tertiary alicyclic amines) is 1. The summed E-state index contributed by atoms with van der Waals surface area (Å²) in [7, 11) is 2.30. The number of rotatable bonds is 2. The largest absolute Gasteiger partial charge is 0.508 e. The molecule has 1 unspecified atom stereocenters. The molecule has 6 heteroatoms. The average molecular weight is 362 g/mol. The van der Waals surface area contributed by atoms with Crippen LogP contribution in [0.25, 0.3) is 0 Å². The first-order valence-electron chi connectivity index (χ1n) is 9.51. The highest BCUT2D eigenvalue weighted by Gasteiger charge is 2.52. The number of carbonyl (C=O) groups is 1. The summed E-state index contributed by atoms with van der Waals surface area (Å²) in [5.41, 5.74) is 8.12. The number of carboxylic acid groups (broad SMARTS) is 1. The van der Waals surface area contributed by atoms with Crippen molar-refractivity contribution in [1.29, 1.82) is 0 Å². The average Bonchev–Trinajstić information content (AvgIpc) is 2.65. The topological polar surface area (TPSA) is 107 Å². The zero-order valence-corrected chi connectivity index (χ0v) is 15.4. The van der Waals surface area contributed by atoms with Gasteiger partial charge in [0, 0.05) is 11.5 Å². The Morgan fingerprint density at radius 1 is 1.38 bits per heavy atom. The Labute approximate surface area is 154 Å². The second-order valence-corrected chi connectivity index (χ2v) is 7.98. The number of hydrogen-bond acceptors (Lipinski definition) is 5. The highest BCUT2D eigenvalue weighted by molar-refractivity contribution is 5.73. The van der Waals surface area contributed by atoms with Crippen LogP contribution in [0.5, 0.6) is 5.75 Å². The van der Waals surface area contributed by atoms with Gasteiger partial charge in [-0.05, 0) is 68.5 Å². The molecule has 2 aliphatic carbocycles. The number of piperidine rings is 1. The van der Waals surface area contributed by atoms with Gasteiger partial charge in [-0.15, -0.1) is 0 Å². The molecule has 1 aliphatic heterocycles. The van der Waals surface area contributed by atoms with Crippen molar-refractivity contribution in [2.45, 2.75) is 56.0 Å². The third kappa shape index (κ3) is 3.33. The lowest BCUT2D eigenvalue weighted by atomic mass is 9.52. The zero-order valence-electron chi connectivity index (χ0n) is 15.4. The smallest absolute Gasteiger partial charge is 0.322 e. The van der Waals surface area contributed by atoms with Gasteiger partial charge in [0.15, 0.2) is 0 Å². The van der Waals surface area contributed by atoms with Crippen LogP contribution in [0, 0.1) is 5.92 Å². The second-order valence-electron chi connectivity index (χ2n) is 7.98. The molecule has 4 rings (SSSR count). The molecule has 0 radical (unpaired) electrons. The number of phenols is 1. The molecule has 26 heavy (non-hydrogen) atoms. The first-order chi connectivity index (χ1) is 12.4. The molecule has 1 saturated carbocycles. The van der Waals surface area contributed by atoms with Gasteiger partial charge in [-0.2, -0.15) is 0 Å². The van der Waals surface area contributed by atoms with Gasteiger partial charge in [-0.1, -0.05) is 18.9 Å². The van der Waals surface area contributed by atoms with E-state index in [2.05, 4.69) is 24.1 Å². The minimum atomic E-state index is -1.18. The van der Waals surface area contributed by atoms with Crippen molar-refractivity contribution in [3.63, 3.8) is 0 Å². The van der Waals surface area contributed by atoms with E-state index in [1.165, 1.54) is 56.2 Å². The molecule has 1 saturated heterocycles. The quantitative estimate of drug-likeness (QED) is 0.635. The van der Waals surface area contributed by atoms with Crippen molar-refractivity contribution in [3.05, 3.63) is 29.3 Å². The van der Waals surface area contributed by atoms with Gasteiger partial charge < -0.3 is 26.0 Å². The summed E-state index contributed by atoms with van der Waals surface area (Å²) in [6.07, 6.45) is 7.93. The van der Waals surface area contributed by atoms with Gasteiger partial charge in [0.05, 0.1) is 6.61 Å². The summed E-state index contributed by atoms with van der Waals surface area (Å²) in [6, 6.07) is 5.72. The van der Waals surface area contributed by atoms with Gasteiger partial charge in [0.1, 0.15) is 11.8 Å². The molecular formula is C20H30N2O4. The van der Waals surface area contributed by atoms with E-state index in [-0.39, 0.29) is 0 Å². The van der Waals surface area contributed by atoms with Crippen molar-refractivity contribution >= 4 is 5.97 Å².